The molecule has 0 aromatic heterocycles. The Hall–Kier alpha value is -3.33. The molecule has 0 spiro atoms. The molecule has 3 rings (SSSR count). The largest absolute Gasteiger partial charge is 0.488 e. The number of carbonyl (C=O) groups is 1. The summed E-state index contributed by atoms with van der Waals surface area (Å²) >= 11 is 0. The first kappa shape index (κ1) is 17.5. The topological polar surface area (TPSA) is 46.5 Å². The van der Waals surface area contributed by atoms with Crippen LogP contribution in [0, 0.1) is 6.92 Å². The first-order valence-electron chi connectivity index (χ1n) is 8.41. The van der Waals surface area contributed by atoms with E-state index in [1.807, 2.05) is 73.7 Å². The zero-order valence-electron chi connectivity index (χ0n) is 14.6. The minimum atomic E-state index is -0.968. The van der Waals surface area contributed by atoms with Gasteiger partial charge in [-0.25, -0.2) is 4.79 Å². The molecule has 0 atom stereocenters. The minimum absolute atomic E-state index is 0.233. The van der Waals surface area contributed by atoms with Gasteiger partial charge in [-0.05, 0) is 30.2 Å². The first-order valence-corrected chi connectivity index (χ1v) is 8.41. The predicted octanol–water partition coefficient (Wildman–Crippen LogP) is 5.20. The van der Waals surface area contributed by atoms with Gasteiger partial charge in [0.05, 0.1) is 5.57 Å². The number of benzene rings is 3. The fourth-order valence-corrected chi connectivity index (χ4v) is 2.62. The molecule has 0 saturated heterocycles. The van der Waals surface area contributed by atoms with E-state index in [1.54, 1.807) is 18.2 Å². The van der Waals surface area contributed by atoms with Gasteiger partial charge < -0.3 is 9.84 Å². The summed E-state index contributed by atoms with van der Waals surface area (Å²) in [6.45, 7) is 2.47. The average Bonchev–Trinajstić information content (AvgIpc) is 2.67. The number of hydrogen-bond acceptors (Lipinski definition) is 2. The number of para-hydroxylation sites is 1. The summed E-state index contributed by atoms with van der Waals surface area (Å²) in [5.41, 5.74) is 3.90. The molecule has 3 aromatic rings. The molecule has 0 radical (unpaired) electrons. The second-order valence-electron chi connectivity index (χ2n) is 6.04. The van der Waals surface area contributed by atoms with Crippen molar-refractivity contribution >= 4 is 17.6 Å². The number of carboxylic acid groups (broad SMARTS) is 1. The molecule has 26 heavy (non-hydrogen) atoms. The van der Waals surface area contributed by atoms with Crippen molar-refractivity contribution in [1.82, 2.24) is 0 Å². The van der Waals surface area contributed by atoms with E-state index in [2.05, 4.69) is 0 Å². The molecule has 0 fully saturated rings. The molecule has 0 amide bonds. The van der Waals surface area contributed by atoms with Gasteiger partial charge in [0, 0.05) is 5.56 Å². The van der Waals surface area contributed by atoms with Crippen LogP contribution in [0.3, 0.4) is 0 Å². The van der Waals surface area contributed by atoms with Crippen molar-refractivity contribution in [3.63, 3.8) is 0 Å². The summed E-state index contributed by atoms with van der Waals surface area (Å²) in [4.78, 5) is 11.7. The van der Waals surface area contributed by atoms with E-state index in [9.17, 15) is 9.90 Å². The van der Waals surface area contributed by atoms with Crippen molar-refractivity contribution in [2.45, 2.75) is 13.5 Å². The predicted molar refractivity (Wildman–Crippen MR) is 104 cm³/mol. The van der Waals surface area contributed by atoms with Crippen molar-refractivity contribution < 1.29 is 14.6 Å². The number of aliphatic carboxylic acids is 1. The van der Waals surface area contributed by atoms with Crippen LogP contribution in [0.1, 0.15) is 22.3 Å². The van der Waals surface area contributed by atoms with Crippen LogP contribution in [0.15, 0.2) is 78.9 Å². The molecular weight excluding hydrogens is 324 g/mol. The molecule has 0 aliphatic carbocycles. The summed E-state index contributed by atoms with van der Waals surface area (Å²) in [7, 11) is 0. The number of rotatable bonds is 6. The Morgan fingerprint density at radius 3 is 2.27 bits per heavy atom. The first-order chi connectivity index (χ1) is 12.6. The summed E-state index contributed by atoms with van der Waals surface area (Å²) in [5, 5.41) is 9.60. The maximum atomic E-state index is 11.7. The van der Waals surface area contributed by atoms with Gasteiger partial charge in [-0.2, -0.15) is 0 Å². The highest BCUT2D eigenvalue weighted by atomic mass is 16.5. The Bertz CT molecular complexity index is 910. The summed E-state index contributed by atoms with van der Waals surface area (Å²) < 4.78 is 5.94. The quantitative estimate of drug-likeness (QED) is 0.494. The minimum Gasteiger partial charge on any atom is -0.488 e. The zero-order chi connectivity index (χ0) is 18.4. The number of aryl methyl sites for hydroxylation is 1. The van der Waals surface area contributed by atoms with E-state index in [1.165, 1.54) is 5.56 Å². The highest BCUT2D eigenvalue weighted by molar-refractivity contribution is 6.20. The van der Waals surface area contributed by atoms with Crippen molar-refractivity contribution in [3.8, 4) is 5.75 Å². The van der Waals surface area contributed by atoms with Crippen LogP contribution < -0.4 is 4.74 Å². The van der Waals surface area contributed by atoms with Gasteiger partial charge in [0.25, 0.3) is 0 Å². The van der Waals surface area contributed by atoms with E-state index in [0.717, 1.165) is 11.1 Å². The molecule has 0 aliphatic rings. The average molecular weight is 344 g/mol. The lowest BCUT2D eigenvalue weighted by molar-refractivity contribution is -0.130. The van der Waals surface area contributed by atoms with Crippen LogP contribution in [-0.4, -0.2) is 11.1 Å². The van der Waals surface area contributed by atoms with Crippen LogP contribution in [0.2, 0.25) is 0 Å². The van der Waals surface area contributed by atoms with E-state index in [4.69, 9.17) is 4.74 Å². The summed E-state index contributed by atoms with van der Waals surface area (Å²) in [6, 6.07) is 24.7. The van der Waals surface area contributed by atoms with Crippen molar-refractivity contribution in [3.05, 3.63) is 101 Å². The Morgan fingerprint density at radius 2 is 1.58 bits per heavy atom. The van der Waals surface area contributed by atoms with Crippen LogP contribution >= 0.6 is 0 Å². The van der Waals surface area contributed by atoms with Gasteiger partial charge in [0.1, 0.15) is 12.4 Å². The lowest BCUT2D eigenvalue weighted by atomic mass is 10.0. The standard InChI is InChI=1S/C23H20O3/c1-17-11-13-18(14-12-17)16-26-22-10-6-5-9-20(22)15-21(23(24)25)19-7-3-2-4-8-19/h2-15H,16H2,1H3,(H,24,25)/b21-15-. The third kappa shape index (κ3) is 4.39. The Labute approximate surface area is 153 Å². The normalized spacial score (nSPS) is 11.2. The van der Waals surface area contributed by atoms with Crippen molar-refractivity contribution in [1.29, 1.82) is 0 Å². The number of ether oxygens (including phenoxy) is 1. The summed E-state index contributed by atoms with van der Waals surface area (Å²) in [5.74, 6) is -0.313. The van der Waals surface area contributed by atoms with Crippen LogP contribution in [0.5, 0.6) is 5.75 Å². The molecule has 0 aliphatic heterocycles. The molecular formula is C23H20O3. The fourth-order valence-electron chi connectivity index (χ4n) is 2.62. The van der Waals surface area contributed by atoms with Gasteiger partial charge >= 0.3 is 5.97 Å². The van der Waals surface area contributed by atoms with Crippen LogP contribution in [-0.2, 0) is 11.4 Å². The van der Waals surface area contributed by atoms with Crippen LogP contribution in [0.25, 0.3) is 11.6 Å². The van der Waals surface area contributed by atoms with E-state index >= 15 is 0 Å². The van der Waals surface area contributed by atoms with E-state index < -0.39 is 5.97 Å². The molecule has 0 bridgehead atoms. The highest BCUT2D eigenvalue weighted by Gasteiger charge is 2.12. The number of hydrogen-bond donors (Lipinski definition) is 1. The monoisotopic (exact) mass is 344 g/mol. The third-order valence-corrected chi connectivity index (χ3v) is 4.05. The van der Waals surface area contributed by atoms with Crippen molar-refractivity contribution in [2.75, 3.05) is 0 Å². The van der Waals surface area contributed by atoms with Gasteiger partial charge in [-0.15, -0.1) is 0 Å². The molecule has 3 heteroatoms. The Balaban J connectivity index is 1.88. The van der Waals surface area contributed by atoms with Gasteiger partial charge in [0.2, 0.25) is 0 Å². The van der Waals surface area contributed by atoms with Crippen LogP contribution in [0.4, 0.5) is 0 Å². The number of carboxylic acids is 1. The maximum absolute atomic E-state index is 11.7. The molecule has 3 nitrogen and oxygen atoms in total. The second-order valence-corrected chi connectivity index (χ2v) is 6.04. The molecule has 1 N–H and O–H groups in total. The Kier molecular flexibility index (Phi) is 5.49. The van der Waals surface area contributed by atoms with E-state index in [0.29, 0.717) is 17.9 Å². The molecule has 3 aromatic carbocycles. The molecule has 0 heterocycles. The van der Waals surface area contributed by atoms with Gasteiger partial charge in [-0.1, -0.05) is 78.4 Å². The highest BCUT2D eigenvalue weighted by Crippen LogP contribution is 2.25. The summed E-state index contributed by atoms with van der Waals surface area (Å²) in [6.07, 6.45) is 1.65. The lowest BCUT2D eigenvalue weighted by Crippen LogP contribution is -2.01. The molecule has 0 saturated carbocycles. The SMILES string of the molecule is Cc1ccc(COc2ccccc2/C=C(\C(=O)O)c2ccccc2)cc1. The maximum Gasteiger partial charge on any atom is 0.336 e. The van der Waals surface area contributed by atoms with Crippen molar-refractivity contribution in [2.24, 2.45) is 0 Å². The second kappa shape index (κ2) is 8.17. The third-order valence-electron chi connectivity index (χ3n) is 4.05. The van der Waals surface area contributed by atoms with Gasteiger partial charge in [0.15, 0.2) is 0 Å². The molecule has 130 valence electrons. The smallest absolute Gasteiger partial charge is 0.336 e. The zero-order valence-corrected chi connectivity index (χ0v) is 14.6. The fraction of sp³-hybridized carbons (Fsp3) is 0.0870. The van der Waals surface area contributed by atoms with Gasteiger partial charge in [-0.3, -0.25) is 0 Å². The van der Waals surface area contributed by atoms with E-state index in [-0.39, 0.29) is 5.57 Å². The Morgan fingerprint density at radius 1 is 0.923 bits per heavy atom. The lowest BCUT2D eigenvalue weighted by Gasteiger charge is -2.11. The molecule has 0 unspecified atom stereocenters.